The highest BCUT2D eigenvalue weighted by Gasteiger charge is 2.40. The van der Waals surface area contributed by atoms with Crippen LogP contribution >= 0.6 is 0 Å². The fourth-order valence-electron chi connectivity index (χ4n) is 4.41. The molecule has 1 fully saturated rings. The van der Waals surface area contributed by atoms with Crippen LogP contribution in [0.5, 0.6) is 0 Å². The number of amides is 2. The summed E-state index contributed by atoms with van der Waals surface area (Å²) in [6.45, 7) is 0.915. The highest BCUT2D eigenvalue weighted by atomic mass is 19.1. The molecule has 0 unspecified atom stereocenters. The summed E-state index contributed by atoms with van der Waals surface area (Å²) in [6.07, 6.45) is 5.24. The Morgan fingerprint density at radius 2 is 1.69 bits per heavy atom. The second-order valence-electron chi connectivity index (χ2n) is 8.45. The number of piperidine rings is 1. The van der Waals surface area contributed by atoms with Crippen LogP contribution in [0.15, 0.2) is 73.1 Å². The maximum atomic E-state index is 13.4. The fraction of sp³-hybridized carbons (Fsp3) is 0.269. The summed E-state index contributed by atoms with van der Waals surface area (Å²) in [5.74, 6) is -0.746. The summed E-state index contributed by atoms with van der Waals surface area (Å²) < 4.78 is 13.4. The molecule has 0 spiro atoms. The van der Waals surface area contributed by atoms with Crippen molar-refractivity contribution in [3.8, 4) is 11.1 Å². The normalized spacial score (nSPS) is 15.3. The quantitative estimate of drug-likeness (QED) is 0.646. The monoisotopic (exact) mass is 431 g/mol. The highest BCUT2D eigenvalue weighted by molar-refractivity contribution is 5.83. The molecule has 4 rings (SSSR count). The third-order valence-electron chi connectivity index (χ3n) is 6.30. The van der Waals surface area contributed by atoms with Gasteiger partial charge >= 0.3 is 0 Å². The Labute approximate surface area is 187 Å². The van der Waals surface area contributed by atoms with Crippen molar-refractivity contribution in [1.82, 2.24) is 9.88 Å². The summed E-state index contributed by atoms with van der Waals surface area (Å²) in [7, 11) is 0. The van der Waals surface area contributed by atoms with Crippen LogP contribution in [0.2, 0.25) is 0 Å². The van der Waals surface area contributed by atoms with E-state index in [4.69, 9.17) is 5.73 Å². The third-order valence-corrected chi connectivity index (χ3v) is 6.30. The van der Waals surface area contributed by atoms with Crippen molar-refractivity contribution < 1.29 is 14.0 Å². The van der Waals surface area contributed by atoms with Gasteiger partial charge in [-0.1, -0.05) is 42.5 Å². The molecule has 1 aromatic heterocycles. The summed E-state index contributed by atoms with van der Waals surface area (Å²) >= 11 is 0. The number of nitrogens with two attached hydrogens (primary N) is 1. The minimum absolute atomic E-state index is 0.0627. The summed E-state index contributed by atoms with van der Waals surface area (Å²) in [5, 5.41) is 0. The zero-order valence-corrected chi connectivity index (χ0v) is 17.8. The van der Waals surface area contributed by atoms with E-state index in [9.17, 15) is 14.0 Å². The Hall–Kier alpha value is -3.54. The van der Waals surface area contributed by atoms with Gasteiger partial charge in [-0.3, -0.25) is 14.6 Å². The number of benzene rings is 2. The number of likely N-dealkylation sites (tertiary alicyclic amines) is 1. The number of primary amides is 1. The van der Waals surface area contributed by atoms with Crippen LogP contribution in [0.4, 0.5) is 4.39 Å². The Kier molecular flexibility index (Phi) is 6.30. The van der Waals surface area contributed by atoms with Gasteiger partial charge in [0.05, 0.1) is 11.8 Å². The molecule has 0 saturated carbocycles. The van der Waals surface area contributed by atoms with Crippen LogP contribution in [0, 0.1) is 11.2 Å². The van der Waals surface area contributed by atoms with Crippen molar-refractivity contribution in [2.24, 2.45) is 11.1 Å². The first-order valence-electron chi connectivity index (χ1n) is 10.8. The molecule has 3 aromatic rings. The molecule has 5 nitrogen and oxygen atoms in total. The first kappa shape index (κ1) is 21.7. The van der Waals surface area contributed by atoms with E-state index in [1.54, 1.807) is 23.2 Å². The van der Waals surface area contributed by atoms with Gasteiger partial charge in [-0.05, 0) is 59.7 Å². The number of hydrogen-bond acceptors (Lipinski definition) is 3. The SMILES string of the molecule is NC(=O)C1(Cc2cccc(-c3cccnc3)c2)CCN(C(=O)Cc2cccc(F)c2)CC1. The van der Waals surface area contributed by atoms with Crippen LogP contribution < -0.4 is 5.73 Å². The molecular weight excluding hydrogens is 405 g/mol. The lowest BCUT2D eigenvalue weighted by molar-refractivity contribution is -0.138. The third kappa shape index (κ3) is 4.85. The van der Waals surface area contributed by atoms with Crippen molar-refractivity contribution >= 4 is 11.8 Å². The maximum absolute atomic E-state index is 13.4. The Morgan fingerprint density at radius 1 is 0.969 bits per heavy atom. The van der Waals surface area contributed by atoms with Crippen LogP contribution in [0.3, 0.4) is 0 Å². The minimum atomic E-state index is -0.691. The number of nitrogens with zero attached hydrogens (tertiary/aromatic N) is 2. The predicted molar refractivity (Wildman–Crippen MR) is 121 cm³/mol. The lowest BCUT2D eigenvalue weighted by Gasteiger charge is -2.40. The van der Waals surface area contributed by atoms with Crippen LogP contribution in [-0.2, 0) is 22.4 Å². The molecule has 1 saturated heterocycles. The number of hydrogen-bond donors (Lipinski definition) is 1. The van der Waals surface area contributed by atoms with Crippen LogP contribution in [0.1, 0.15) is 24.0 Å². The second kappa shape index (κ2) is 9.30. The number of halogens is 1. The predicted octanol–water partition coefficient (Wildman–Crippen LogP) is 3.77. The molecule has 32 heavy (non-hydrogen) atoms. The fourth-order valence-corrected chi connectivity index (χ4v) is 4.41. The smallest absolute Gasteiger partial charge is 0.226 e. The van der Waals surface area contributed by atoms with E-state index in [0.29, 0.717) is 37.9 Å². The van der Waals surface area contributed by atoms with Crippen molar-refractivity contribution in [1.29, 1.82) is 0 Å². The molecule has 6 heteroatoms. The topological polar surface area (TPSA) is 76.3 Å². The Bertz CT molecular complexity index is 1110. The lowest BCUT2D eigenvalue weighted by atomic mass is 9.73. The largest absolute Gasteiger partial charge is 0.369 e. The van der Waals surface area contributed by atoms with E-state index in [-0.39, 0.29) is 24.1 Å². The van der Waals surface area contributed by atoms with Crippen molar-refractivity contribution in [2.75, 3.05) is 13.1 Å². The molecule has 2 heterocycles. The van der Waals surface area contributed by atoms with Gasteiger partial charge in [-0.2, -0.15) is 0 Å². The molecule has 164 valence electrons. The molecule has 0 bridgehead atoms. The van der Waals surface area contributed by atoms with E-state index in [1.807, 2.05) is 36.5 Å². The van der Waals surface area contributed by atoms with Crippen molar-refractivity contribution in [2.45, 2.75) is 25.7 Å². The average Bonchev–Trinajstić information content (AvgIpc) is 2.80. The molecule has 2 N–H and O–H groups in total. The average molecular weight is 432 g/mol. The molecule has 0 aliphatic carbocycles. The summed E-state index contributed by atoms with van der Waals surface area (Å²) in [6, 6.07) is 18.1. The first-order chi connectivity index (χ1) is 15.4. The first-order valence-corrected chi connectivity index (χ1v) is 10.8. The van der Waals surface area contributed by atoms with Gasteiger partial charge < -0.3 is 10.6 Å². The van der Waals surface area contributed by atoms with E-state index < -0.39 is 5.41 Å². The van der Waals surface area contributed by atoms with Gasteiger partial charge in [-0.15, -0.1) is 0 Å². The second-order valence-corrected chi connectivity index (χ2v) is 8.45. The number of aromatic nitrogens is 1. The molecular formula is C26H26FN3O2. The zero-order chi connectivity index (χ0) is 22.6. The summed E-state index contributed by atoms with van der Waals surface area (Å²) in [4.78, 5) is 31.1. The van der Waals surface area contributed by atoms with E-state index in [2.05, 4.69) is 11.1 Å². The highest BCUT2D eigenvalue weighted by Crippen LogP contribution is 2.36. The van der Waals surface area contributed by atoms with Gasteiger partial charge in [0.25, 0.3) is 0 Å². The molecule has 2 amide bonds. The van der Waals surface area contributed by atoms with Gasteiger partial charge in [0, 0.05) is 25.5 Å². The molecule has 1 aliphatic rings. The minimum Gasteiger partial charge on any atom is -0.369 e. The van der Waals surface area contributed by atoms with Crippen molar-refractivity contribution in [3.05, 3.63) is 90.0 Å². The molecule has 2 aromatic carbocycles. The van der Waals surface area contributed by atoms with E-state index >= 15 is 0 Å². The molecule has 0 radical (unpaired) electrons. The molecule has 0 atom stereocenters. The van der Waals surface area contributed by atoms with Gasteiger partial charge in [0.2, 0.25) is 11.8 Å². The van der Waals surface area contributed by atoms with Gasteiger partial charge in [-0.25, -0.2) is 4.39 Å². The van der Waals surface area contributed by atoms with Crippen molar-refractivity contribution in [3.63, 3.8) is 0 Å². The number of carbonyl (C=O) groups excluding carboxylic acids is 2. The summed E-state index contributed by atoms with van der Waals surface area (Å²) in [5.41, 5.74) is 8.91. The Morgan fingerprint density at radius 3 is 2.38 bits per heavy atom. The van der Waals surface area contributed by atoms with Gasteiger partial charge in [0.1, 0.15) is 5.82 Å². The zero-order valence-electron chi connectivity index (χ0n) is 17.8. The number of pyridine rings is 1. The standard InChI is InChI=1S/C26H26FN3O2/c27-23-8-2-4-19(15-23)16-24(31)30-12-9-26(10-13-30,25(28)32)17-20-5-1-6-21(14-20)22-7-3-11-29-18-22/h1-8,11,14-15,18H,9-10,12-13,16-17H2,(H2,28,32). The van der Waals surface area contributed by atoms with Crippen LogP contribution in [-0.4, -0.2) is 34.8 Å². The Balaban J connectivity index is 1.45. The van der Waals surface area contributed by atoms with E-state index in [1.165, 1.54) is 12.1 Å². The number of carbonyl (C=O) groups is 2. The van der Waals surface area contributed by atoms with Crippen LogP contribution in [0.25, 0.3) is 11.1 Å². The lowest BCUT2D eigenvalue weighted by Crippen LogP contribution is -2.50. The van der Waals surface area contributed by atoms with E-state index in [0.717, 1.165) is 16.7 Å². The number of rotatable bonds is 6. The van der Waals surface area contributed by atoms with Gasteiger partial charge in [0.15, 0.2) is 0 Å². The maximum Gasteiger partial charge on any atom is 0.226 e. The molecule has 1 aliphatic heterocycles.